The number of rotatable bonds is 9. The maximum Gasteiger partial charge on any atom is 0.328 e. The molecule has 2 saturated heterocycles. The summed E-state index contributed by atoms with van der Waals surface area (Å²) in [6, 6.07) is 14.7. The fourth-order valence-corrected chi connectivity index (χ4v) is 4.87. The highest BCUT2D eigenvalue weighted by Gasteiger charge is 2.22. The van der Waals surface area contributed by atoms with Crippen molar-refractivity contribution >= 4 is 29.2 Å². The van der Waals surface area contributed by atoms with Crippen LogP contribution in [0.1, 0.15) is 24.0 Å². The fraction of sp³-hybridized carbons (Fsp3) is 0.452. The number of amides is 1. The Morgan fingerprint density at radius 2 is 1.34 bits per heavy atom. The van der Waals surface area contributed by atoms with E-state index in [0.717, 1.165) is 64.5 Å². The van der Waals surface area contributed by atoms with Crippen LogP contribution in [0.2, 0.25) is 0 Å². The van der Waals surface area contributed by atoms with Crippen molar-refractivity contribution in [3.05, 3.63) is 65.7 Å². The molecule has 2 aromatic carbocycles. The van der Waals surface area contributed by atoms with Gasteiger partial charge in [-0.15, -0.1) is 0 Å². The first-order valence-electron chi connectivity index (χ1n) is 14.0. The number of ether oxygens (including phenoxy) is 1. The third kappa shape index (κ3) is 9.82. The Morgan fingerprint density at radius 3 is 1.98 bits per heavy atom. The van der Waals surface area contributed by atoms with Gasteiger partial charge in [0.2, 0.25) is 5.91 Å². The third-order valence-electron chi connectivity index (χ3n) is 7.42. The predicted octanol–water partition coefficient (Wildman–Crippen LogP) is 3.27. The molecular formula is C31H42N4O6. The van der Waals surface area contributed by atoms with Gasteiger partial charge in [-0.2, -0.15) is 0 Å². The molecule has 0 spiro atoms. The minimum Gasteiger partial charge on any atom is -0.491 e. The van der Waals surface area contributed by atoms with Gasteiger partial charge in [-0.25, -0.2) is 9.59 Å². The largest absolute Gasteiger partial charge is 0.491 e. The number of hydrogen-bond acceptors (Lipinski definition) is 7. The number of carbonyl (C=O) groups excluding carboxylic acids is 1. The quantitative estimate of drug-likeness (QED) is 0.349. The van der Waals surface area contributed by atoms with Crippen LogP contribution in [0.5, 0.6) is 5.75 Å². The van der Waals surface area contributed by atoms with E-state index in [0.29, 0.717) is 25.2 Å². The third-order valence-corrected chi connectivity index (χ3v) is 7.42. The highest BCUT2D eigenvalue weighted by Crippen LogP contribution is 2.29. The Kier molecular flexibility index (Phi) is 12.0. The first-order valence-corrected chi connectivity index (χ1v) is 14.0. The summed E-state index contributed by atoms with van der Waals surface area (Å²) in [5.41, 5.74) is 5.13. The van der Waals surface area contributed by atoms with Crippen molar-refractivity contribution in [1.29, 1.82) is 0 Å². The van der Waals surface area contributed by atoms with Crippen LogP contribution in [0, 0.1) is 13.8 Å². The summed E-state index contributed by atoms with van der Waals surface area (Å²) in [7, 11) is 2.17. The van der Waals surface area contributed by atoms with Crippen LogP contribution in [0.25, 0.3) is 0 Å². The molecule has 0 atom stereocenters. The molecule has 4 rings (SSSR count). The number of hydrogen-bond donors (Lipinski definition) is 2. The first-order chi connectivity index (χ1) is 19.7. The number of aryl methyl sites for hydroxylation is 1. The van der Waals surface area contributed by atoms with Crippen molar-refractivity contribution in [3.8, 4) is 5.75 Å². The summed E-state index contributed by atoms with van der Waals surface area (Å²) >= 11 is 0. The molecular weight excluding hydrogens is 524 g/mol. The zero-order valence-corrected chi connectivity index (χ0v) is 24.3. The van der Waals surface area contributed by atoms with E-state index in [2.05, 4.69) is 65.9 Å². The SMILES string of the molecule is Cc1cccc(N2CCN(C(=O)CCCOc3ccccc3N3CCN(C)CC3)CC2)c1C.O=C(O)/C=C/C(=O)O. The van der Waals surface area contributed by atoms with Crippen molar-refractivity contribution in [3.63, 3.8) is 0 Å². The average Bonchev–Trinajstić information content (AvgIpc) is 2.97. The number of benzene rings is 2. The monoisotopic (exact) mass is 566 g/mol. The highest BCUT2D eigenvalue weighted by atomic mass is 16.5. The number of aliphatic carboxylic acids is 2. The van der Waals surface area contributed by atoms with E-state index in [1.54, 1.807) is 0 Å². The van der Waals surface area contributed by atoms with Gasteiger partial charge in [-0.05, 0) is 56.6 Å². The second-order valence-corrected chi connectivity index (χ2v) is 10.3. The topological polar surface area (TPSA) is 114 Å². The molecule has 0 aliphatic carbocycles. The van der Waals surface area contributed by atoms with Crippen molar-refractivity contribution < 1.29 is 29.3 Å². The second-order valence-electron chi connectivity index (χ2n) is 10.3. The van der Waals surface area contributed by atoms with Crippen LogP contribution in [-0.2, 0) is 14.4 Å². The molecule has 10 nitrogen and oxygen atoms in total. The molecule has 2 fully saturated rings. The highest BCUT2D eigenvalue weighted by molar-refractivity contribution is 5.89. The van der Waals surface area contributed by atoms with Crippen LogP contribution in [-0.4, -0.2) is 104 Å². The van der Waals surface area contributed by atoms with Crippen molar-refractivity contribution in [2.24, 2.45) is 0 Å². The van der Waals surface area contributed by atoms with Crippen molar-refractivity contribution in [1.82, 2.24) is 9.80 Å². The van der Waals surface area contributed by atoms with Gasteiger partial charge in [0, 0.05) is 76.6 Å². The lowest BCUT2D eigenvalue weighted by Gasteiger charge is -2.37. The molecule has 0 aromatic heterocycles. The summed E-state index contributed by atoms with van der Waals surface area (Å²) < 4.78 is 6.12. The van der Waals surface area contributed by atoms with Gasteiger partial charge in [0.1, 0.15) is 5.75 Å². The number of nitrogens with zero attached hydrogens (tertiary/aromatic N) is 4. The van der Waals surface area contributed by atoms with E-state index in [1.165, 1.54) is 22.5 Å². The average molecular weight is 567 g/mol. The Balaban J connectivity index is 0.000000507. The molecule has 0 bridgehead atoms. The number of anilines is 2. The van der Waals surface area contributed by atoms with E-state index in [9.17, 15) is 14.4 Å². The van der Waals surface area contributed by atoms with Gasteiger partial charge >= 0.3 is 11.9 Å². The maximum absolute atomic E-state index is 12.8. The predicted molar refractivity (Wildman–Crippen MR) is 160 cm³/mol. The summed E-state index contributed by atoms with van der Waals surface area (Å²) in [6.45, 7) is 12.5. The molecule has 2 aliphatic heterocycles. The van der Waals surface area contributed by atoms with E-state index in [4.69, 9.17) is 14.9 Å². The van der Waals surface area contributed by atoms with Gasteiger partial charge in [0.05, 0.1) is 12.3 Å². The lowest BCUT2D eigenvalue weighted by Crippen LogP contribution is -2.49. The number of para-hydroxylation sites is 2. The summed E-state index contributed by atoms with van der Waals surface area (Å²) in [4.78, 5) is 41.0. The lowest BCUT2D eigenvalue weighted by atomic mass is 10.1. The van der Waals surface area contributed by atoms with E-state index in [-0.39, 0.29) is 5.91 Å². The van der Waals surface area contributed by atoms with E-state index < -0.39 is 11.9 Å². The zero-order valence-electron chi connectivity index (χ0n) is 24.3. The Hall–Kier alpha value is -4.05. The smallest absolute Gasteiger partial charge is 0.328 e. The molecule has 1 amide bonds. The molecule has 10 heteroatoms. The van der Waals surface area contributed by atoms with Gasteiger partial charge in [-0.3, -0.25) is 4.79 Å². The van der Waals surface area contributed by atoms with Gasteiger partial charge in [0.25, 0.3) is 0 Å². The number of piperazine rings is 2. The van der Waals surface area contributed by atoms with E-state index >= 15 is 0 Å². The molecule has 0 saturated carbocycles. The van der Waals surface area contributed by atoms with Crippen LogP contribution < -0.4 is 14.5 Å². The fourth-order valence-electron chi connectivity index (χ4n) is 4.87. The van der Waals surface area contributed by atoms with Gasteiger partial charge in [0.15, 0.2) is 0 Å². The standard InChI is InChI=1S/C27H38N4O2.C4H4O4/c1-22-8-6-10-24(23(22)2)29-17-19-31(20-18-29)27(32)12-7-21-33-26-11-5-4-9-25(26)30-15-13-28(3)14-16-30;5-3(6)1-2-4(7)8/h4-6,8-11H,7,12-21H2,1-3H3;1-2H,(H,5,6)(H,7,8)/b;2-1+. The minimum atomic E-state index is -1.26. The van der Waals surface area contributed by atoms with Crippen LogP contribution >= 0.6 is 0 Å². The number of likely N-dealkylation sites (N-methyl/N-ethyl adjacent to an activating group) is 1. The Morgan fingerprint density at radius 1 is 0.780 bits per heavy atom. The molecule has 2 aliphatic rings. The summed E-state index contributed by atoms with van der Waals surface area (Å²) in [6.07, 6.45) is 2.40. The van der Waals surface area contributed by atoms with Crippen LogP contribution in [0.3, 0.4) is 0 Å². The van der Waals surface area contributed by atoms with Crippen LogP contribution in [0.15, 0.2) is 54.6 Å². The van der Waals surface area contributed by atoms with E-state index in [1.807, 2.05) is 17.0 Å². The van der Waals surface area contributed by atoms with Gasteiger partial charge in [-0.1, -0.05) is 24.3 Å². The van der Waals surface area contributed by atoms with Crippen molar-refractivity contribution in [2.75, 3.05) is 75.8 Å². The molecule has 222 valence electrons. The second kappa shape index (κ2) is 15.7. The molecule has 2 N–H and O–H groups in total. The zero-order chi connectivity index (χ0) is 29.8. The van der Waals surface area contributed by atoms with Crippen LogP contribution in [0.4, 0.5) is 11.4 Å². The van der Waals surface area contributed by atoms with Crippen molar-refractivity contribution in [2.45, 2.75) is 26.7 Å². The normalized spacial score (nSPS) is 15.8. The Bertz CT molecular complexity index is 1180. The minimum absolute atomic E-state index is 0.242. The molecule has 41 heavy (non-hydrogen) atoms. The van der Waals surface area contributed by atoms with Gasteiger partial charge < -0.3 is 34.5 Å². The summed E-state index contributed by atoms with van der Waals surface area (Å²) in [5.74, 6) is -1.34. The molecule has 2 heterocycles. The molecule has 0 radical (unpaired) electrons. The summed E-state index contributed by atoms with van der Waals surface area (Å²) in [5, 5.41) is 15.6. The maximum atomic E-state index is 12.8. The number of carboxylic acids is 2. The first kappa shape index (κ1) is 31.5. The number of carbonyl (C=O) groups is 3. The lowest BCUT2D eigenvalue weighted by molar-refractivity contribution is -0.134. The molecule has 2 aromatic rings. The molecule has 0 unspecified atom stereocenters. The number of carboxylic acid groups (broad SMARTS) is 2. The Labute approximate surface area is 242 Å².